The third-order valence-electron chi connectivity index (χ3n) is 2.96. The first-order chi connectivity index (χ1) is 6.86. The van der Waals surface area contributed by atoms with E-state index in [1.54, 1.807) is 0 Å². The summed E-state index contributed by atoms with van der Waals surface area (Å²) >= 11 is 0. The summed E-state index contributed by atoms with van der Waals surface area (Å²) in [6, 6.07) is 0.534. The van der Waals surface area contributed by atoms with Crippen LogP contribution in [-0.2, 0) is 13.0 Å². The molecule has 0 radical (unpaired) electrons. The van der Waals surface area contributed by atoms with Crippen molar-refractivity contribution in [2.24, 2.45) is 0 Å². The van der Waals surface area contributed by atoms with Gasteiger partial charge in [0.15, 0.2) is 0 Å². The lowest BCUT2D eigenvalue weighted by molar-refractivity contribution is 0.441. The average molecular weight is 193 g/mol. The van der Waals surface area contributed by atoms with Gasteiger partial charge in [0.25, 0.3) is 0 Å². The molecule has 0 saturated heterocycles. The molecule has 2 heterocycles. The van der Waals surface area contributed by atoms with Gasteiger partial charge in [0.05, 0.1) is 17.7 Å². The fraction of sp³-hybridized carbons (Fsp3) is 0.727. The Bertz CT molecular complexity index is 290. The molecular formula is C11H19N3. The SMILES string of the molecule is CCCC1NCCc2ncn(CC)c21. The van der Waals surface area contributed by atoms with E-state index in [-0.39, 0.29) is 0 Å². The first kappa shape index (κ1) is 9.71. The molecule has 1 aromatic rings. The van der Waals surface area contributed by atoms with Crippen molar-refractivity contribution in [1.82, 2.24) is 14.9 Å². The molecule has 1 aliphatic heterocycles. The second kappa shape index (κ2) is 4.13. The third-order valence-corrected chi connectivity index (χ3v) is 2.96. The maximum atomic E-state index is 4.48. The maximum absolute atomic E-state index is 4.48. The number of fused-ring (bicyclic) bond motifs is 1. The van der Waals surface area contributed by atoms with Gasteiger partial charge < -0.3 is 9.88 Å². The van der Waals surface area contributed by atoms with Crippen LogP contribution in [0, 0.1) is 0 Å². The average Bonchev–Trinajstić information content (AvgIpc) is 2.62. The molecule has 3 heteroatoms. The van der Waals surface area contributed by atoms with Gasteiger partial charge in [-0.15, -0.1) is 0 Å². The Labute approximate surface area is 85.5 Å². The summed E-state index contributed by atoms with van der Waals surface area (Å²) in [7, 11) is 0. The molecule has 14 heavy (non-hydrogen) atoms. The topological polar surface area (TPSA) is 29.9 Å². The van der Waals surface area contributed by atoms with Crippen LogP contribution in [0.3, 0.4) is 0 Å². The summed E-state index contributed by atoms with van der Waals surface area (Å²) in [4.78, 5) is 4.48. The van der Waals surface area contributed by atoms with Gasteiger partial charge in [0.2, 0.25) is 0 Å². The molecule has 0 amide bonds. The smallest absolute Gasteiger partial charge is 0.0952 e. The number of aromatic nitrogens is 2. The number of nitrogens with one attached hydrogen (secondary N) is 1. The van der Waals surface area contributed by atoms with Crippen molar-refractivity contribution >= 4 is 0 Å². The lowest BCUT2D eigenvalue weighted by Crippen LogP contribution is -2.31. The van der Waals surface area contributed by atoms with Gasteiger partial charge in [-0.3, -0.25) is 0 Å². The summed E-state index contributed by atoms with van der Waals surface area (Å²) in [6.45, 7) is 6.53. The van der Waals surface area contributed by atoms with Gasteiger partial charge in [0.1, 0.15) is 0 Å². The normalized spacial score (nSPS) is 20.9. The van der Waals surface area contributed by atoms with Crippen molar-refractivity contribution in [3.8, 4) is 0 Å². The Morgan fingerprint density at radius 2 is 2.43 bits per heavy atom. The number of rotatable bonds is 3. The van der Waals surface area contributed by atoms with Gasteiger partial charge in [-0.05, 0) is 13.3 Å². The quantitative estimate of drug-likeness (QED) is 0.794. The van der Waals surface area contributed by atoms with Crippen molar-refractivity contribution in [3.63, 3.8) is 0 Å². The molecule has 0 aliphatic carbocycles. The Hall–Kier alpha value is -0.830. The zero-order chi connectivity index (χ0) is 9.97. The number of aryl methyl sites for hydroxylation is 1. The Morgan fingerprint density at radius 1 is 1.57 bits per heavy atom. The number of nitrogens with zero attached hydrogens (tertiary/aromatic N) is 2. The Kier molecular flexibility index (Phi) is 2.87. The maximum Gasteiger partial charge on any atom is 0.0952 e. The summed E-state index contributed by atoms with van der Waals surface area (Å²) in [5, 5.41) is 3.58. The molecule has 0 fully saturated rings. The van der Waals surface area contributed by atoms with E-state index in [4.69, 9.17) is 0 Å². The van der Waals surface area contributed by atoms with E-state index in [0.717, 1.165) is 19.5 Å². The molecule has 1 aliphatic rings. The van der Waals surface area contributed by atoms with Gasteiger partial charge in [-0.2, -0.15) is 0 Å². The monoisotopic (exact) mass is 193 g/mol. The van der Waals surface area contributed by atoms with Crippen LogP contribution in [0.15, 0.2) is 6.33 Å². The highest BCUT2D eigenvalue weighted by Crippen LogP contribution is 2.25. The van der Waals surface area contributed by atoms with Crippen molar-refractivity contribution < 1.29 is 0 Å². The van der Waals surface area contributed by atoms with E-state index in [0.29, 0.717) is 6.04 Å². The highest BCUT2D eigenvalue weighted by Gasteiger charge is 2.23. The van der Waals surface area contributed by atoms with Crippen molar-refractivity contribution in [3.05, 3.63) is 17.7 Å². The number of imidazole rings is 1. The van der Waals surface area contributed by atoms with Gasteiger partial charge in [0, 0.05) is 25.6 Å². The van der Waals surface area contributed by atoms with Crippen LogP contribution in [0.4, 0.5) is 0 Å². The molecule has 0 aromatic carbocycles. The largest absolute Gasteiger partial charge is 0.333 e. The molecule has 1 aromatic heterocycles. The van der Waals surface area contributed by atoms with E-state index < -0.39 is 0 Å². The lowest BCUT2D eigenvalue weighted by Gasteiger charge is -2.25. The lowest BCUT2D eigenvalue weighted by atomic mass is 10.0. The molecule has 0 spiro atoms. The number of hydrogen-bond donors (Lipinski definition) is 1. The van der Waals surface area contributed by atoms with Gasteiger partial charge >= 0.3 is 0 Å². The molecule has 78 valence electrons. The van der Waals surface area contributed by atoms with Crippen molar-refractivity contribution in [2.45, 2.75) is 45.7 Å². The summed E-state index contributed by atoms with van der Waals surface area (Å²) in [6.07, 6.45) is 5.52. The number of hydrogen-bond acceptors (Lipinski definition) is 2. The molecule has 3 nitrogen and oxygen atoms in total. The van der Waals surface area contributed by atoms with Crippen LogP contribution < -0.4 is 5.32 Å². The fourth-order valence-corrected chi connectivity index (χ4v) is 2.27. The molecule has 1 unspecified atom stereocenters. The minimum Gasteiger partial charge on any atom is -0.333 e. The van der Waals surface area contributed by atoms with Crippen LogP contribution in [0.2, 0.25) is 0 Å². The van der Waals surface area contributed by atoms with Crippen LogP contribution in [0.25, 0.3) is 0 Å². The second-order valence-electron chi connectivity index (χ2n) is 3.91. The molecular weight excluding hydrogens is 174 g/mol. The van der Waals surface area contributed by atoms with Gasteiger partial charge in [-0.1, -0.05) is 13.3 Å². The van der Waals surface area contributed by atoms with Crippen LogP contribution in [-0.4, -0.2) is 16.1 Å². The van der Waals surface area contributed by atoms with E-state index >= 15 is 0 Å². The van der Waals surface area contributed by atoms with Crippen molar-refractivity contribution in [2.75, 3.05) is 6.54 Å². The highest BCUT2D eigenvalue weighted by atomic mass is 15.1. The fourth-order valence-electron chi connectivity index (χ4n) is 2.27. The zero-order valence-electron chi connectivity index (χ0n) is 9.08. The van der Waals surface area contributed by atoms with E-state index in [1.165, 1.54) is 24.2 Å². The first-order valence-electron chi connectivity index (χ1n) is 5.64. The van der Waals surface area contributed by atoms with E-state index in [2.05, 4.69) is 28.7 Å². The predicted octanol–water partition coefficient (Wildman–Crippen LogP) is 1.89. The Morgan fingerprint density at radius 3 is 3.14 bits per heavy atom. The van der Waals surface area contributed by atoms with E-state index in [1.807, 2.05) is 6.33 Å². The molecule has 1 N–H and O–H groups in total. The zero-order valence-corrected chi connectivity index (χ0v) is 9.08. The Balaban J connectivity index is 2.30. The first-order valence-corrected chi connectivity index (χ1v) is 5.64. The van der Waals surface area contributed by atoms with Gasteiger partial charge in [-0.25, -0.2) is 4.98 Å². The molecule has 1 atom stereocenters. The summed E-state index contributed by atoms with van der Waals surface area (Å²) in [5.74, 6) is 0. The predicted molar refractivity (Wildman–Crippen MR) is 57.3 cm³/mol. The van der Waals surface area contributed by atoms with Crippen molar-refractivity contribution in [1.29, 1.82) is 0 Å². The molecule has 2 rings (SSSR count). The second-order valence-corrected chi connectivity index (χ2v) is 3.91. The standard InChI is InChI=1S/C11H19N3/c1-3-5-9-11-10(6-7-12-9)13-8-14(11)4-2/h8-9,12H,3-7H2,1-2H3. The molecule has 0 bridgehead atoms. The molecule has 0 saturated carbocycles. The van der Waals surface area contributed by atoms with Crippen LogP contribution in [0.5, 0.6) is 0 Å². The third kappa shape index (κ3) is 1.57. The minimum absolute atomic E-state index is 0.534. The summed E-state index contributed by atoms with van der Waals surface area (Å²) < 4.78 is 2.28. The van der Waals surface area contributed by atoms with Crippen LogP contribution in [0.1, 0.15) is 44.1 Å². The highest BCUT2D eigenvalue weighted by molar-refractivity contribution is 5.21. The summed E-state index contributed by atoms with van der Waals surface area (Å²) in [5.41, 5.74) is 2.74. The van der Waals surface area contributed by atoms with E-state index in [9.17, 15) is 0 Å². The van der Waals surface area contributed by atoms with Crippen LogP contribution >= 0.6 is 0 Å². The minimum atomic E-state index is 0.534.